The fourth-order valence-electron chi connectivity index (χ4n) is 3.34. The summed E-state index contributed by atoms with van der Waals surface area (Å²) in [6, 6.07) is 14.0. The van der Waals surface area contributed by atoms with Gasteiger partial charge in [0.15, 0.2) is 5.78 Å². The summed E-state index contributed by atoms with van der Waals surface area (Å²) in [6.07, 6.45) is 1.27. The molecule has 140 valence electrons. The zero-order valence-electron chi connectivity index (χ0n) is 15.1. The summed E-state index contributed by atoms with van der Waals surface area (Å²) < 4.78 is 0.891. The van der Waals surface area contributed by atoms with Gasteiger partial charge < -0.3 is 10.2 Å². The molecule has 0 unspecified atom stereocenters. The number of nitrogens with zero attached hydrogens (tertiary/aromatic N) is 1. The first-order valence-corrected chi connectivity index (χ1v) is 9.70. The van der Waals surface area contributed by atoms with Crippen molar-refractivity contribution in [1.82, 2.24) is 10.2 Å². The molecule has 27 heavy (non-hydrogen) atoms. The molecule has 2 aromatic carbocycles. The van der Waals surface area contributed by atoms with Gasteiger partial charge >= 0.3 is 0 Å². The van der Waals surface area contributed by atoms with Gasteiger partial charge in [0.2, 0.25) is 5.91 Å². The highest BCUT2D eigenvalue weighted by Crippen LogP contribution is 2.22. The quantitative estimate of drug-likeness (QED) is 0.759. The van der Waals surface area contributed by atoms with Gasteiger partial charge in [0.05, 0.1) is 5.56 Å². The van der Waals surface area contributed by atoms with Crippen LogP contribution in [0.25, 0.3) is 0 Å². The molecule has 6 heteroatoms. The summed E-state index contributed by atoms with van der Waals surface area (Å²) in [5, 5.41) is 2.67. The van der Waals surface area contributed by atoms with E-state index in [2.05, 4.69) is 21.2 Å². The Labute approximate surface area is 166 Å². The number of carbonyl (C=O) groups is 3. The average molecular weight is 429 g/mol. The van der Waals surface area contributed by atoms with E-state index in [1.54, 1.807) is 60.5 Å². The van der Waals surface area contributed by atoms with Crippen LogP contribution in [0.3, 0.4) is 0 Å². The van der Waals surface area contributed by atoms with Crippen molar-refractivity contribution in [2.45, 2.75) is 12.8 Å². The van der Waals surface area contributed by atoms with E-state index in [9.17, 15) is 14.4 Å². The first-order chi connectivity index (χ1) is 13.0. The lowest BCUT2D eigenvalue weighted by Gasteiger charge is -2.31. The van der Waals surface area contributed by atoms with Gasteiger partial charge in [0, 0.05) is 41.7 Å². The van der Waals surface area contributed by atoms with Crippen LogP contribution in [0, 0.1) is 5.92 Å². The van der Waals surface area contributed by atoms with Crippen molar-refractivity contribution in [3.05, 3.63) is 69.7 Å². The van der Waals surface area contributed by atoms with Crippen molar-refractivity contribution in [2.75, 3.05) is 20.1 Å². The number of hydrogen-bond acceptors (Lipinski definition) is 3. The maximum absolute atomic E-state index is 13.0. The minimum absolute atomic E-state index is 0.0212. The van der Waals surface area contributed by atoms with Gasteiger partial charge in [-0.3, -0.25) is 14.4 Å². The Morgan fingerprint density at radius 1 is 0.963 bits per heavy atom. The molecule has 2 aromatic rings. The van der Waals surface area contributed by atoms with Gasteiger partial charge in [-0.2, -0.15) is 0 Å². The van der Waals surface area contributed by atoms with Crippen molar-refractivity contribution < 1.29 is 14.4 Å². The van der Waals surface area contributed by atoms with Crippen LogP contribution in [0.5, 0.6) is 0 Å². The molecule has 5 nitrogen and oxygen atoms in total. The molecule has 0 radical (unpaired) electrons. The van der Waals surface area contributed by atoms with Crippen LogP contribution >= 0.6 is 15.9 Å². The van der Waals surface area contributed by atoms with Crippen LogP contribution < -0.4 is 5.32 Å². The topological polar surface area (TPSA) is 66.5 Å². The number of hydrogen-bond donors (Lipinski definition) is 1. The molecule has 1 heterocycles. The molecule has 0 aliphatic carbocycles. The highest BCUT2D eigenvalue weighted by molar-refractivity contribution is 9.10. The number of nitrogens with one attached hydrogen (secondary N) is 1. The molecular formula is C21H21BrN2O3. The zero-order valence-corrected chi connectivity index (χ0v) is 16.7. The van der Waals surface area contributed by atoms with E-state index in [0.717, 1.165) is 4.47 Å². The molecule has 2 amide bonds. The van der Waals surface area contributed by atoms with Crippen molar-refractivity contribution in [2.24, 2.45) is 5.92 Å². The van der Waals surface area contributed by atoms with Crippen molar-refractivity contribution >= 4 is 33.5 Å². The van der Waals surface area contributed by atoms with E-state index in [1.165, 1.54) is 0 Å². The third-order valence-corrected chi connectivity index (χ3v) is 5.44. The predicted octanol–water partition coefficient (Wildman–Crippen LogP) is 3.28. The Morgan fingerprint density at radius 3 is 2.15 bits per heavy atom. The molecule has 1 aliphatic rings. The molecule has 3 rings (SSSR count). The molecule has 0 aromatic heterocycles. The normalized spacial score (nSPS) is 14.7. The summed E-state index contributed by atoms with van der Waals surface area (Å²) in [5.74, 6) is -0.371. The van der Waals surface area contributed by atoms with Crippen molar-refractivity contribution in [1.29, 1.82) is 0 Å². The largest absolute Gasteiger partial charge is 0.359 e. The van der Waals surface area contributed by atoms with Gasteiger partial charge in [-0.1, -0.05) is 34.1 Å². The number of halogens is 1. The number of carbonyl (C=O) groups excluding carboxylic acids is 3. The lowest BCUT2D eigenvalue weighted by atomic mass is 9.94. The molecular weight excluding hydrogens is 408 g/mol. The highest BCUT2D eigenvalue weighted by atomic mass is 79.9. The van der Waals surface area contributed by atoms with Crippen LogP contribution in [-0.2, 0) is 4.79 Å². The van der Waals surface area contributed by atoms with Crippen LogP contribution in [0.15, 0.2) is 53.0 Å². The first-order valence-electron chi connectivity index (χ1n) is 8.91. The standard InChI is InChI=1S/C21H21BrN2O3/c1-23-20(26)15-10-12-24(13-11-15)21(27)18-5-3-2-4-17(18)19(25)14-6-8-16(22)9-7-14/h2-9,15H,10-13H2,1H3,(H,23,26). The van der Waals surface area contributed by atoms with Gasteiger partial charge in [-0.25, -0.2) is 0 Å². The summed E-state index contributed by atoms with van der Waals surface area (Å²) in [6.45, 7) is 1.02. The highest BCUT2D eigenvalue weighted by Gasteiger charge is 2.29. The second kappa shape index (κ2) is 8.48. The Kier molecular flexibility index (Phi) is 6.06. The van der Waals surface area contributed by atoms with E-state index in [-0.39, 0.29) is 23.5 Å². The zero-order chi connectivity index (χ0) is 19.4. The number of benzene rings is 2. The number of rotatable bonds is 4. The van der Waals surface area contributed by atoms with Gasteiger partial charge in [0.1, 0.15) is 0 Å². The SMILES string of the molecule is CNC(=O)C1CCN(C(=O)c2ccccc2C(=O)c2ccc(Br)cc2)CC1. The molecule has 1 N–H and O–H groups in total. The number of piperidine rings is 1. The van der Waals surface area contributed by atoms with Crippen molar-refractivity contribution in [3.63, 3.8) is 0 Å². The number of ketones is 1. The summed E-state index contributed by atoms with van der Waals surface area (Å²) in [5.41, 5.74) is 1.35. The van der Waals surface area contributed by atoms with Gasteiger partial charge in [-0.05, 0) is 43.2 Å². The molecule has 0 atom stereocenters. The molecule has 1 saturated heterocycles. The number of likely N-dealkylation sites (tertiary alicyclic amines) is 1. The summed E-state index contributed by atoms with van der Waals surface area (Å²) >= 11 is 3.36. The third kappa shape index (κ3) is 4.27. The van der Waals surface area contributed by atoms with Gasteiger partial charge in [0.25, 0.3) is 5.91 Å². The lowest BCUT2D eigenvalue weighted by Crippen LogP contribution is -2.42. The minimum Gasteiger partial charge on any atom is -0.359 e. The van der Waals surface area contributed by atoms with E-state index in [1.807, 2.05) is 0 Å². The first kappa shape index (κ1) is 19.3. The monoisotopic (exact) mass is 428 g/mol. The van der Waals surface area contributed by atoms with Crippen molar-refractivity contribution in [3.8, 4) is 0 Å². The van der Waals surface area contributed by atoms with E-state index in [0.29, 0.717) is 42.6 Å². The van der Waals surface area contributed by atoms with Crippen LogP contribution in [0.4, 0.5) is 0 Å². The second-order valence-corrected chi connectivity index (χ2v) is 7.48. The second-order valence-electron chi connectivity index (χ2n) is 6.56. The summed E-state index contributed by atoms with van der Waals surface area (Å²) in [4.78, 5) is 39.4. The van der Waals surface area contributed by atoms with E-state index < -0.39 is 0 Å². The third-order valence-electron chi connectivity index (χ3n) is 4.91. The fraction of sp³-hybridized carbons (Fsp3) is 0.286. The smallest absolute Gasteiger partial charge is 0.254 e. The molecule has 1 fully saturated rings. The Morgan fingerprint density at radius 2 is 1.56 bits per heavy atom. The van der Waals surface area contributed by atoms with Crippen LogP contribution in [0.2, 0.25) is 0 Å². The van der Waals surface area contributed by atoms with Crippen LogP contribution in [-0.4, -0.2) is 42.6 Å². The molecule has 0 bridgehead atoms. The maximum Gasteiger partial charge on any atom is 0.254 e. The minimum atomic E-state index is -0.174. The predicted molar refractivity (Wildman–Crippen MR) is 107 cm³/mol. The molecule has 1 aliphatic heterocycles. The maximum atomic E-state index is 13.0. The van der Waals surface area contributed by atoms with Gasteiger partial charge in [-0.15, -0.1) is 0 Å². The number of amides is 2. The molecule has 0 saturated carbocycles. The van der Waals surface area contributed by atoms with E-state index in [4.69, 9.17) is 0 Å². The fourth-order valence-corrected chi connectivity index (χ4v) is 3.61. The summed E-state index contributed by atoms with van der Waals surface area (Å²) in [7, 11) is 1.63. The van der Waals surface area contributed by atoms with E-state index >= 15 is 0 Å². The van der Waals surface area contributed by atoms with Crippen LogP contribution in [0.1, 0.15) is 39.1 Å². The Balaban J connectivity index is 1.79. The Bertz CT molecular complexity index is 856. The lowest BCUT2D eigenvalue weighted by molar-refractivity contribution is -0.125. The average Bonchev–Trinajstić information content (AvgIpc) is 2.73. The Hall–Kier alpha value is -2.47. The molecule has 0 spiro atoms.